The summed E-state index contributed by atoms with van der Waals surface area (Å²) in [4.78, 5) is 10.3. The zero-order valence-corrected chi connectivity index (χ0v) is 12.6. The van der Waals surface area contributed by atoms with Gasteiger partial charge in [0.05, 0.1) is 4.92 Å². The number of hydrogen-bond donors (Lipinski definition) is 1. The SMILES string of the molecule is CC(C)(C)C1CCCCC1Nc1ccc([N+](=O)[O-])cc1. The lowest BCUT2D eigenvalue weighted by molar-refractivity contribution is -0.384. The number of non-ortho nitro benzene ring substituents is 1. The summed E-state index contributed by atoms with van der Waals surface area (Å²) in [6.07, 6.45) is 5.00. The second-order valence-corrected chi connectivity index (χ2v) is 6.81. The van der Waals surface area contributed by atoms with Crippen LogP contribution >= 0.6 is 0 Å². The first-order valence-electron chi connectivity index (χ1n) is 7.39. The van der Waals surface area contributed by atoms with E-state index < -0.39 is 0 Å². The maximum Gasteiger partial charge on any atom is 0.269 e. The molecule has 1 aliphatic rings. The van der Waals surface area contributed by atoms with Gasteiger partial charge < -0.3 is 5.32 Å². The largest absolute Gasteiger partial charge is 0.382 e. The molecule has 1 N–H and O–H groups in total. The Hall–Kier alpha value is -1.58. The summed E-state index contributed by atoms with van der Waals surface area (Å²) in [5.41, 5.74) is 1.42. The van der Waals surface area contributed by atoms with Gasteiger partial charge in [-0.2, -0.15) is 0 Å². The van der Waals surface area contributed by atoms with Crippen LogP contribution in [-0.2, 0) is 0 Å². The highest BCUT2D eigenvalue weighted by Gasteiger charge is 2.33. The Balaban J connectivity index is 2.08. The smallest absolute Gasteiger partial charge is 0.269 e. The number of nitrogens with one attached hydrogen (secondary N) is 1. The van der Waals surface area contributed by atoms with Crippen molar-refractivity contribution in [1.29, 1.82) is 0 Å². The molecule has 1 aromatic rings. The van der Waals surface area contributed by atoms with E-state index in [0.29, 0.717) is 17.4 Å². The fraction of sp³-hybridized carbons (Fsp3) is 0.625. The fourth-order valence-electron chi connectivity index (χ4n) is 3.23. The van der Waals surface area contributed by atoms with E-state index in [1.807, 2.05) is 12.1 Å². The summed E-state index contributed by atoms with van der Waals surface area (Å²) in [5, 5.41) is 14.3. The lowest BCUT2D eigenvalue weighted by atomic mass is 9.69. The molecule has 2 unspecified atom stereocenters. The first-order chi connectivity index (χ1) is 9.38. The van der Waals surface area contributed by atoms with Gasteiger partial charge >= 0.3 is 0 Å². The molecule has 0 amide bonds. The molecule has 2 atom stereocenters. The second-order valence-electron chi connectivity index (χ2n) is 6.81. The van der Waals surface area contributed by atoms with Crippen molar-refractivity contribution in [2.45, 2.75) is 52.5 Å². The van der Waals surface area contributed by atoms with Crippen LogP contribution in [0, 0.1) is 21.4 Å². The van der Waals surface area contributed by atoms with Gasteiger partial charge in [-0.05, 0) is 36.3 Å². The third-order valence-electron chi connectivity index (χ3n) is 4.31. The van der Waals surface area contributed by atoms with Gasteiger partial charge in [0.25, 0.3) is 5.69 Å². The summed E-state index contributed by atoms with van der Waals surface area (Å²) in [6, 6.07) is 7.22. The summed E-state index contributed by atoms with van der Waals surface area (Å²) < 4.78 is 0. The summed E-state index contributed by atoms with van der Waals surface area (Å²) in [6.45, 7) is 6.90. The van der Waals surface area contributed by atoms with Gasteiger partial charge in [-0.25, -0.2) is 0 Å². The van der Waals surface area contributed by atoms with Gasteiger partial charge in [-0.3, -0.25) is 10.1 Å². The number of nitrogens with zero attached hydrogens (tertiary/aromatic N) is 1. The molecule has 110 valence electrons. The number of nitro benzene ring substituents is 1. The average molecular weight is 276 g/mol. The van der Waals surface area contributed by atoms with E-state index in [0.717, 1.165) is 5.69 Å². The highest BCUT2D eigenvalue weighted by atomic mass is 16.6. The monoisotopic (exact) mass is 276 g/mol. The number of anilines is 1. The van der Waals surface area contributed by atoms with E-state index in [4.69, 9.17) is 0 Å². The molecule has 0 spiro atoms. The van der Waals surface area contributed by atoms with Crippen LogP contribution in [0.4, 0.5) is 11.4 Å². The predicted molar refractivity (Wildman–Crippen MR) is 81.9 cm³/mol. The topological polar surface area (TPSA) is 55.2 Å². The maximum absolute atomic E-state index is 10.7. The van der Waals surface area contributed by atoms with Crippen molar-refractivity contribution in [3.05, 3.63) is 34.4 Å². The molecule has 1 fully saturated rings. The molecule has 0 aliphatic heterocycles. The van der Waals surface area contributed by atoms with Crippen LogP contribution in [0.5, 0.6) is 0 Å². The third-order valence-corrected chi connectivity index (χ3v) is 4.31. The van der Waals surface area contributed by atoms with E-state index in [-0.39, 0.29) is 10.6 Å². The van der Waals surface area contributed by atoms with Crippen LogP contribution in [0.2, 0.25) is 0 Å². The molecule has 0 radical (unpaired) electrons. The fourth-order valence-corrected chi connectivity index (χ4v) is 3.23. The molecule has 0 heterocycles. The molecule has 0 aromatic heterocycles. The van der Waals surface area contributed by atoms with E-state index in [2.05, 4.69) is 26.1 Å². The van der Waals surface area contributed by atoms with Crippen molar-refractivity contribution in [2.24, 2.45) is 11.3 Å². The van der Waals surface area contributed by atoms with Crippen LogP contribution < -0.4 is 5.32 Å². The van der Waals surface area contributed by atoms with Crippen LogP contribution in [0.3, 0.4) is 0 Å². The highest BCUT2D eigenvalue weighted by Crippen LogP contribution is 2.39. The van der Waals surface area contributed by atoms with Gasteiger partial charge in [0.15, 0.2) is 0 Å². The van der Waals surface area contributed by atoms with Gasteiger partial charge in [0, 0.05) is 23.9 Å². The van der Waals surface area contributed by atoms with Gasteiger partial charge in [-0.1, -0.05) is 33.6 Å². The maximum atomic E-state index is 10.7. The minimum Gasteiger partial charge on any atom is -0.382 e. The van der Waals surface area contributed by atoms with E-state index >= 15 is 0 Å². The van der Waals surface area contributed by atoms with Crippen molar-refractivity contribution in [3.8, 4) is 0 Å². The molecule has 2 rings (SSSR count). The van der Waals surface area contributed by atoms with Gasteiger partial charge in [0.2, 0.25) is 0 Å². The van der Waals surface area contributed by atoms with Crippen LogP contribution in [0.15, 0.2) is 24.3 Å². The number of rotatable bonds is 3. The Kier molecular flexibility index (Phi) is 4.31. The van der Waals surface area contributed by atoms with Crippen molar-refractivity contribution >= 4 is 11.4 Å². The summed E-state index contributed by atoms with van der Waals surface area (Å²) in [7, 11) is 0. The Labute approximate surface area is 120 Å². The van der Waals surface area contributed by atoms with Crippen LogP contribution in [-0.4, -0.2) is 11.0 Å². The minimum absolute atomic E-state index is 0.145. The zero-order chi connectivity index (χ0) is 14.8. The van der Waals surface area contributed by atoms with Gasteiger partial charge in [0.1, 0.15) is 0 Å². The molecule has 0 saturated heterocycles. The van der Waals surface area contributed by atoms with E-state index in [1.165, 1.54) is 25.7 Å². The van der Waals surface area contributed by atoms with Gasteiger partial charge in [-0.15, -0.1) is 0 Å². The lowest BCUT2D eigenvalue weighted by Gasteiger charge is -2.41. The van der Waals surface area contributed by atoms with E-state index in [1.54, 1.807) is 12.1 Å². The molecule has 4 heteroatoms. The van der Waals surface area contributed by atoms with E-state index in [9.17, 15) is 10.1 Å². The zero-order valence-electron chi connectivity index (χ0n) is 12.6. The van der Waals surface area contributed by atoms with Crippen molar-refractivity contribution in [2.75, 3.05) is 5.32 Å². The van der Waals surface area contributed by atoms with Crippen LogP contribution in [0.1, 0.15) is 46.5 Å². The van der Waals surface area contributed by atoms with Crippen molar-refractivity contribution in [3.63, 3.8) is 0 Å². The number of benzene rings is 1. The Morgan fingerprint density at radius 3 is 2.30 bits per heavy atom. The first-order valence-corrected chi connectivity index (χ1v) is 7.39. The number of hydrogen-bond acceptors (Lipinski definition) is 3. The van der Waals surface area contributed by atoms with Crippen molar-refractivity contribution < 1.29 is 4.92 Å². The highest BCUT2D eigenvalue weighted by molar-refractivity contribution is 5.49. The molecule has 1 aliphatic carbocycles. The second kappa shape index (κ2) is 5.81. The standard InChI is InChI=1S/C16H24N2O2/c1-16(2,3)14-6-4-5-7-15(14)17-12-8-10-13(11-9-12)18(19)20/h8-11,14-15,17H,4-7H2,1-3H3. The minimum atomic E-state index is -0.359. The van der Waals surface area contributed by atoms with Crippen LogP contribution in [0.25, 0.3) is 0 Å². The molecule has 4 nitrogen and oxygen atoms in total. The number of nitro groups is 1. The summed E-state index contributed by atoms with van der Waals surface area (Å²) in [5.74, 6) is 0.645. The molecule has 0 bridgehead atoms. The lowest BCUT2D eigenvalue weighted by Crippen LogP contribution is -2.39. The normalized spacial score (nSPS) is 23.4. The molecule has 20 heavy (non-hydrogen) atoms. The van der Waals surface area contributed by atoms with Crippen molar-refractivity contribution in [1.82, 2.24) is 0 Å². The molecule has 1 saturated carbocycles. The molecule has 1 aromatic carbocycles. The first kappa shape index (κ1) is 14.8. The Morgan fingerprint density at radius 1 is 1.15 bits per heavy atom. The third kappa shape index (κ3) is 3.50. The molecular weight excluding hydrogens is 252 g/mol. The predicted octanol–water partition coefficient (Wildman–Crippen LogP) is 4.61. The Morgan fingerprint density at radius 2 is 1.75 bits per heavy atom. The quantitative estimate of drug-likeness (QED) is 0.647. The molecular formula is C16H24N2O2. The summed E-state index contributed by atoms with van der Waals surface area (Å²) >= 11 is 0. The Bertz CT molecular complexity index is 462. The average Bonchev–Trinajstić information content (AvgIpc) is 2.38.